The van der Waals surface area contributed by atoms with Gasteiger partial charge in [-0.1, -0.05) is 0 Å². The summed E-state index contributed by atoms with van der Waals surface area (Å²) in [6.07, 6.45) is 2.07. The van der Waals surface area contributed by atoms with Crippen LogP contribution in [0.3, 0.4) is 0 Å². The van der Waals surface area contributed by atoms with Gasteiger partial charge < -0.3 is 9.88 Å². The first-order chi connectivity index (χ1) is 9.15. The molecule has 2 rings (SSSR count). The van der Waals surface area contributed by atoms with Crippen LogP contribution >= 0.6 is 11.8 Å². The summed E-state index contributed by atoms with van der Waals surface area (Å²) in [5.74, 6) is 0. The van der Waals surface area contributed by atoms with Gasteiger partial charge in [0.2, 0.25) is 0 Å². The molecule has 0 fully saturated rings. The van der Waals surface area contributed by atoms with Gasteiger partial charge >= 0.3 is 0 Å². The summed E-state index contributed by atoms with van der Waals surface area (Å²) in [5, 5.41) is 12.4. The Bertz CT molecular complexity index is 606. The minimum absolute atomic E-state index is 0.701. The maximum Gasteiger partial charge on any atom is 0.120 e. The highest BCUT2D eigenvalue weighted by Gasteiger charge is 2.07. The Morgan fingerprint density at radius 1 is 1.32 bits per heavy atom. The monoisotopic (exact) mass is 271 g/mol. The van der Waals surface area contributed by atoms with Crippen molar-refractivity contribution in [1.82, 2.24) is 4.57 Å². The Labute approximate surface area is 118 Å². The highest BCUT2D eigenvalue weighted by atomic mass is 32.2. The number of nitrogens with one attached hydrogen (secondary N) is 1. The van der Waals surface area contributed by atoms with Crippen LogP contribution in [0.25, 0.3) is 0 Å². The van der Waals surface area contributed by atoms with Gasteiger partial charge in [-0.2, -0.15) is 5.26 Å². The second kappa shape index (κ2) is 5.85. The van der Waals surface area contributed by atoms with Crippen molar-refractivity contribution in [2.75, 3.05) is 11.6 Å². The molecule has 1 N–H and O–H groups in total. The number of thioether (sulfide) groups is 1. The SMILES string of the molecule is CSc1ccc(NCc2cc(C#N)n(C)c2C)cc1. The van der Waals surface area contributed by atoms with Crippen molar-refractivity contribution < 1.29 is 0 Å². The van der Waals surface area contributed by atoms with Crippen LogP contribution in [0.5, 0.6) is 0 Å². The summed E-state index contributed by atoms with van der Waals surface area (Å²) in [7, 11) is 1.92. The van der Waals surface area contributed by atoms with Crippen LogP contribution in [0.4, 0.5) is 5.69 Å². The molecule has 1 heterocycles. The molecule has 0 unspecified atom stereocenters. The van der Waals surface area contributed by atoms with Crippen molar-refractivity contribution in [3.63, 3.8) is 0 Å². The molecule has 1 aromatic carbocycles. The van der Waals surface area contributed by atoms with Gasteiger partial charge in [-0.25, -0.2) is 0 Å². The summed E-state index contributed by atoms with van der Waals surface area (Å²) < 4.78 is 1.92. The third-order valence-corrected chi connectivity index (χ3v) is 4.07. The largest absolute Gasteiger partial charge is 0.381 e. The number of nitriles is 1. The van der Waals surface area contributed by atoms with E-state index in [1.54, 1.807) is 11.8 Å². The average Bonchev–Trinajstić information content (AvgIpc) is 2.73. The van der Waals surface area contributed by atoms with E-state index in [0.717, 1.165) is 23.5 Å². The zero-order chi connectivity index (χ0) is 13.8. The quantitative estimate of drug-likeness (QED) is 0.865. The van der Waals surface area contributed by atoms with Crippen LogP contribution in [0.1, 0.15) is 17.0 Å². The summed E-state index contributed by atoms with van der Waals surface area (Å²) in [4.78, 5) is 1.26. The van der Waals surface area contributed by atoms with Crippen molar-refractivity contribution in [3.05, 3.63) is 47.3 Å². The fourth-order valence-corrected chi connectivity index (χ4v) is 2.36. The predicted octanol–water partition coefficient (Wildman–Crippen LogP) is 3.54. The Morgan fingerprint density at radius 3 is 2.53 bits per heavy atom. The zero-order valence-electron chi connectivity index (χ0n) is 11.4. The van der Waals surface area contributed by atoms with Crippen molar-refractivity contribution in [1.29, 1.82) is 5.26 Å². The molecular formula is C15H17N3S. The molecule has 0 saturated heterocycles. The Kier molecular flexibility index (Phi) is 4.18. The van der Waals surface area contributed by atoms with Crippen molar-refractivity contribution in [3.8, 4) is 6.07 Å². The van der Waals surface area contributed by atoms with E-state index in [4.69, 9.17) is 5.26 Å². The first-order valence-electron chi connectivity index (χ1n) is 6.09. The molecule has 0 atom stereocenters. The lowest BCUT2D eigenvalue weighted by atomic mass is 10.2. The molecule has 0 spiro atoms. The standard InChI is InChI=1S/C15H17N3S/c1-11-12(8-14(9-16)18(11)2)10-17-13-4-6-15(19-3)7-5-13/h4-8,17H,10H2,1-3H3. The van der Waals surface area contributed by atoms with E-state index in [1.807, 2.05) is 24.6 Å². The van der Waals surface area contributed by atoms with Crippen LogP contribution in [0.15, 0.2) is 35.2 Å². The van der Waals surface area contributed by atoms with E-state index in [2.05, 4.69) is 41.9 Å². The molecule has 0 radical (unpaired) electrons. The highest BCUT2D eigenvalue weighted by molar-refractivity contribution is 7.98. The van der Waals surface area contributed by atoms with Gasteiger partial charge in [0, 0.05) is 29.9 Å². The second-order valence-electron chi connectivity index (χ2n) is 4.39. The van der Waals surface area contributed by atoms with E-state index < -0.39 is 0 Å². The fraction of sp³-hybridized carbons (Fsp3) is 0.267. The molecule has 2 aromatic rings. The summed E-state index contributed by atoms with van der Waals surface area (Å²) in [6, 6.07) is 12.5. The molecule has 98 valence electrons. The van der Waals surface area contributed by atoms with E-state index in [0.29, 0.717) is 5.69 Å². The predicted molar refractivity (Wildman–Crippen MR) is 80.4 cm³/mol. The van der Waals surface area contributed by atoms with Gasteiger partial charge in [0.05, 0.1) is 0 Å². The molecule has 19 heavy (non-hydrogen) atoms. The van der Waals surface area contributed by atoms with Crippen LogP contribution in [-0.4, -0.2) is 10.8 Å². The smallest absolute Gasteiger partial charge is 0.120 e. The van der Waals surface area contributed by atoms with Crippen LogP contribution in [0.2, 0.25) is 0 Å². The van der Waals surface area contributed by atoms with E-state index in [1.165, 1.54) is 4.90 Å². The van der Waals surface area contributed by atoms with Crippen LogP contribution in [0, 0.1) is 18.3 Å². The topological polar surface area (TPSA) is 40.8 Å². The summed E-state index contributed by atoms with van der Waals surface area (Å²) >= 11 is 1.74. The maximum absolute atomic E-state index is 9.01. The number of aromatic nitrogens is 1. The lowest BCUT2D eigenvalue weighted by Crippen LogP contribution is -2.01. The van der Waals surface area contributed by atoms with Crippen molar-refractivity contribution in [2.45, 2.75) is 18.4 Å². The Balaban J connectivity index is 2.08. The Morgan fingerprint density at radius 2 is 2.00 bits per heavy atom. The molecule has 0 aliphatic heterocycles. The molecule has 0 aliphatic carbocycles. The van der Waals surface area contributed by atoms with Crippen LogP contribution in [-0.2, 0) is 13.6 Å². The number of benzene rings is 1. The number of hydrogen-bond acceptors (Lipinski definition) is 3. The first kappa shape index (κ1) is 13.6. The molecule has 0 amide bonds. The minimum Gasteiger partial charge on any atom is -0.381 e. The lowest BCUT2D eigenvalue weighted by molar-refractivity contribution is 0.856. The van der Waals surface area contributed by atoms with E-state index in [9.17, 15) is 0 Å². The maximum atomic E-state index is 9.01. The fourth-order valence-electron chi connectivity index (χ4n) is 1.95. The highest BCUT2D eigenvalue weighted by Crippen LogP contribution is 2.19. The molecule has 3 nitrogen and oxygen atoms in total. The zero-order valence-corrected chi connectivity index (χ0v) is 12.2. The molecule has 0 bridgehead atoms. The van der Waals surface area contributed by atoms with Crippen molar-refractivity contribution >= 4 is 17.4 Å². The molecular weight excluding hydrogens is 254 g/mol. The van der Waals surface area contributed by atoms with Gasteiger partial charge in [-0.3, -0.25) is 0 Å². The van der Waals surface area contributed by atoms with Gasteiger partial charge in [0.1, 0.15) is 11.8 Å². The second-order valence-corrected chi connectivity index (χ2v) is 5.27. The molecule has 0 saturated carbocycles. The minimum atomic E-state index is 0.701. The summed E-state index contributed by atoms with van der Waals surface area (Å²) in [5.41, 5.74) is 4.09. The molecule has 1 aromatic heterocycles. The normalized spacial score (nSPS) is 10.2. The first-order valence-corrected chi connectivity index (χ1v) is 7.31. The van der Waals surface area contributed by atoms with E-state index >= 15 is 0 Å². The number of rotatable bonds is 4. The third kappa shape index (κ3) is 2.94. The molecule has 0 aliphatic rings. The van der Waals surface area contributed by atoms with Gasteiger partial charge in [-0.15, -0.1) is 11.8 Å². The van der Waals surface area contributed by atoms with E-state index in [-0.39, 0.29) is 0 Å². The summed E-state index contributed by atoms with van der Waals surface area (Å²) in [6.45, 7) is 2.77. The number of hydrogen-bond donors (Lipinski definition) is 1. The van der Waals surface area contributed by atoms with Crippen LogP contribution < -0.4 is 5.32 Å². The average molecular weight is 271 g/mol. The third-order valence-electron chi connectivity index (χ3n) is 3.33. The number of anilines is 1. The molecule has 4 heteroatoms. The number of nitrogens with zero attached hydrogens (tertiary/aromatic N) is 2. The Hall–Kier alpha value is -1.86. The van der Waals surface area contributed by atoms with Crippen molar-refractivity contribution in [2.24, 2.45) is 7.05 Å². The van der Waals surface area contributed by atoms with Gasteiger partial charge in [-0.05, 0) is 49.1 Å². The lowest BCUT2D eigenvalue weighted by Gasteiger charge is -2.07. The van der Waals surface area contributed by atoms with Gasteiger partial charge in [0.25, 0.3) is 0 Å². The van der Waals surface area contributed by atoms with Gasteiger partial charge in [0.15, 0.2) is 0 Å².